The van der Waals surface area contributed by atoms with Crippen LogP contribution in [0.5, 0.6) is 0 Å². The molecule has 7 nitrogen and oxygen atoms in total. The van der Waals surface area contributed by atoms with Crippen molar-refractivity contribution in [2.75, 3.05) is 13.7 Å². The van der Waals surface area contributed by atoms with Gasteiger partial charge in [-0.25, -0.2) is 4.68 Å². The number of amides is 1. The molecule has 7 heteroatoms. The van der Waals surface area contributed by atoms with E-state index in [1.165, 1.54) is 11.8 Å². The molecule has 1 N–H and O–H groups in total. The summed E-state index contributed by atoms with van der Waals surface area (Å²) >= 11 is 0. The summed E-state index contributed by atoms with van der Waals surface area (Å²) in [5, 5.41) is 8.01. The Morgan fingerprint density at radius 3 is 2.56 bits per heavy atom. The van der Waals surface area contributed by atoms with Gasteiger partial charge >= 0.3 is 5.97 Å². The first-order valence-electron chi connectivity index (χ1n) is 8.29. The molecule has 0 fully saturated rings. The van der Waals surface area contributed by atoms with Crippen molar-refractivity contribution in [1.29, 1.82) is 0 Å². The Bertz CT molecular complexity index is 827. The Morgan fingerprint density at radius 2 is 1.92 bits per heavy atom. The van der Waals surface area contributed by atoms with Crippen LogP contribution < -0.4 is 10.9 Å². The van der Waals surface area contributed by atoms with Crippen LogP contribution in [0.25, 0.3) is 10.8 Å². The van der Waals surface area contributed by atoms with Gasteiger partial charge in [-0.15, -0.1) is 0 Å². The van der Waals surface area contributed by atoms with Crippen molar-refractivity contribution in [3.8, 4) is 0 Å². The van der Waals surface area contributed by atoms with E-state index in [0.29, 0.717) is 30.3 Å². The zero-order valence-electron chi connectivity index (χ0n) is 14.7. The van der Waals surface area contributed by atoms with Crippen molar-refractivity contribution in [2.24, 2.45) is 5.92 Å². The van der Waals surface area contributed by atoms with Gasteiger partial charge in [0.25, 0.3) is 11.5 Å². The fourth-order valence-corrected chi connectivity index (χ4v) is 2.49. The van der Waals surface area contributed by atoms with Gasteiger partial charge in [0.2, 0.25) is 0 Å². The zero-order valence-corrected chi connectivity index (χ0v) is 14.7. The molecule has 0 saturated carbocycles. The number of hydrogen-bond donors (Lipinski definition) is 1. The van der Waals surface area contributed by atoms with Gasteiger partial charge in [-0.05, 0) is 18.4 Å². The summed E-state index contributed by atoms with van der Waals surface area (Å²) in [4.78, 5) is 36.1. The Labute approximate surface area is 146 Å². The minimum absolute atomic E-state index is 0.202. The van der Waals surface area contributed by atoms with E-state index in [1.54, 1.807) is 24.3 Å². The highest BCUT2D eigenvalue weighted by Gasteiger charge is 2.16. The molecule has 1 heterocycles. The molecule has 2 rings (SSSR count). The number of carbonyl (C=O) groups excluding carboxylic acids is 2. The van der Waals surface area contributed by atoms with Crippen LogP contribution in [0.15, 0.2) is 29.1 Å². The first kappa shape index (κ1) is 18.6. The molecule has 25 heavy (non-hydrogen) atoms. The van der Waals surface area contributed by atoms with Gasteiger partial charge in [-0.3, -0.25) is 14.4 Å². The minimum atomic E-state index is -0.362. The first-order chi connectivity index (χ1) is 11.9. The molecule has 134 valence electrons. The quantitative estimate of drug-likeness (QED) is 0.610. The average molecular weight is 345 g/mol. The van der Waals surface area contributed by atoms with Crippen LogP contribution in [0, 0.1) is 5.92 Å². The summed E-state index contributed by atoms with van der Waals surface area (Å²) in [7, 11) is 1.33. The summed E-state index contributed by atoms with van der Waals surface area (Å²) in [6, 6.07) is 6.95. The first-order valence-corrected chi connectivity index (χ1v) is 8.29. The lowest BCUT2D eigenvalue weighted by molar-refractivity contribution is -0.140. The van der Waals surface area contributed by atoms with E-state index in [1.807, 2.05) is 13.8 Å². The Morgan fingerprint density at radius 1 is 1.24 bits per heavy atom. The number of ether oxygens (including phenoxy) is 1. The molecule has 0 spiro atoms. The standard InChI is InChI=1S/C18H23N3O4/c1-12(2)11-21-18(24)14-8-5-4-7-13(14)16(20-21)17(23)19-10-6-9-15(22)25-3/h4-5,7-8,12H,6,9-11H2,1-3H3,(H,19,23). The molecule has 2 aromatic rings. The third kappa shape index (κ3) is 4.65. The monoisotopic (exact) mass is 345 g/mol. The van der Waals surface area contributed by atoms with Crippen molar-refractivity contribution in [3.05, 3.63) is 40.3 Å². The Kier molecular flexibility index (Phi) is 6.27. The number of hydrogen-bond acceptors (Lipinski definition) is 5. The highest BCUT2D eigenvalue weighted by atomic mass is 16.5. The third-order valence-electron chi connectivity index (χ3n) is 3.69. The second-order valence-electron chi connectivity index (χ2n) is 6.21. The molecule has 0 bridgehead atoms. The molecule has 1 amide bonds. The molecule has 0 atom stereocenters. The lowest BCUT2D eigenvalue weighted by atomic mass is 10.1. The molecule has 0 saturated heterocycles. The van der Waals surface area contributed by atoms with Crippen molar-refractivity contribution in [2.45, 2.75) is 33.2 Å². The van der Waals surface area contributed by atoms with Crippen LogP contribution in [-0.4, -0.2) is 35.3 Å². The second kappa shape index (κ2) is 8.41. The molecular weight excluding hydrogens is 322 g/mol. The maximum absolute atomic E-state index is 12.5. The second-order valence-corrected chi connectivity index (χ2v) is 6.21. The largest absolute Gasteiger partial charge is 0.469 e. The lowest BCUT2D eigenvalue weighted by Gasteiger charge is -2.12. The molecule has 0 radical (unpaired) electrons. The van der Waals surface area contributed by atoms with Crippen molar-refractivity contribution < 1.29 is 14.3 Å². The van der Waals surface area contributed by atoms with E-state index in [2.05, 4.69) is 15.2 Å². The molecule has 0 aliphatic heterocycles. The number of carbonyl (C=O) groups is 2. The summed E-state index contributed by atoms with van der Waals surface area (Å²) in [6.07, 6.45) is 0.708. The number of benzene rings is 1. The van der Waals surface area contributed by atoms with Crippen LogP contribution in [-0.2, 0) is 16.1 Å². The Hall–Kier alpha value is -2.70. The zero-order chi connectivity index (χ0) is 18.4. The number of aromatic nitrogens is 2. The SMILES string of the molecule is COC(=O)CCCNC(=O)c1nn(CC(C)C)c(=O)c2ccccc12. The predicted molar refractivity (Wildman–Crippen MR) is 94.4 cm³/mol. The number of rotatable bonds is 7. The van der Waals surface area contributed by atoms with Crippen LogP contribution in [0.2, 0.25) is 0 Å². The normalized spacial score (nSPS) is 10.9. The molecule has 1 aromatic heterocycles. The highest BCUT2D eigenvalue weighted by molar-refractivity contribution is 6.04. The topological polar surface area (TPSA) is 90.3 Å². The van der Waals surface area contributed by atoms with Crippen LogP contribution >= 0.6 is 0 Å². The molecule has 1 aromatic carbocycles. The van der Waals surface area contributed by atoms with Crippen molar-refractivity contribution >= 4 is 22.6 Å². The predicted octanol–water partition coefficient (Wildman–Crippen LogP) is 1.74. The number of fused-ring (bicyclic) bond motifs is 1. The van der Waals surface area contributed by atoms with Gasteiger partial charge in [-0.1, -0.05) is 32.0 Å². The molecule has 0 aliphatic carbocycles. The summed E-state index contributed by atoms with van der Waals surface area (Å²) < 4.78 is 5.91. The minimum Gasteiger partial charge on any atom is -0.469 e. The molecule has 0 aliphatic rings. The number of nitrogens with one attached hydrogen (secondary N) is 1. The van der Waals surface area contributed by atoms with Crippen LogP contribution in [0.3, 0.4) is 0 Å². The smallest absolute Gasteiger partial charge is 0.305 e. The van der Waals surface area contributed by atoms with E-state index < -0.39 is 0 Å². The van der Waals surface area contributed by atoms with Gasteiger partial charge in [-0.2, -0.15) is 5.10 Å². The van der Waals surface area contributed by atoms with E-state index in [4.69, 9.17) is 0 Å². The summed E-state index contributed by atoms with van der Waals surface area (Å²) in [5.41, 5.74) is 0.0143. The average Bonchev–Trinajstić information content (AvgIpc) is 2.60. The molecular formula is C18H23N3O4. The van der Waals surface area contributed by atoms with Gasteiger partial charge in [0.05, 0.1) is 12.5 Å². The maximum Gasteiger partial charge on any atom is 0.305 e. The van der Waals surface area contributed by atoms with E-state index in [0.717, 1.165) is 0 Å². The van der Waals surface area contributed by atoms with Crippen molar-refractivity contribution in [1.82, 2.24) is 15.1 Å². The number of methoxy groups -OCH3 is 1. The molecule has 0 unspecified atom stereocenters. The fraction of sp³-hybridized carbons (Fsp3) is 0.444. The summed E-state index contributed by atoms with van der Waals surface area (Å²) in [6.45, 7) is 4.73. The summed E-state index contributed by atoms with van der Waals surface area (Å²) in [5.74, 6) is -0.454. The van der Waals surface area contributed by atoms with Gasteiger partial charge in [0.1, 0.15) is 0 Å². The van der Waals surface area contributed by atoms with Crippen LogP contribution in [0.1, 0.15) is 37.2 Å². The van der Waals surface area contributed by atoms with Crippen LogP contribution in [0.4, 0.5) is 0 Å². The van der Waals surface area contributed by atoms with Gasteiger partial charge in [0.15, 0.2) is 5.69 Å². The highest BCUT2D eigenvalue weighted by Crippen LogP contribution is 2.13. The van der Waals surface area contributed by atoms with E-state index >= 15 is 0 Å². The number of nitrogens with zero attached hydrogens (tertiary/aromatic N) is 2. The van der Waals surface area contributed by atoms with Gasteiger partial charge in [0, 0.05) is 24.9 Å². The van der Waals surface area contributed by atoms with E-state index in [-0.39, 0.29) is 35.5 Å². The van der Waals surface area contributed by atoms with E-state index in [9.17, 15) is 14.4 Å². The fourth-order valence-electron chi connectivity index (χ4n) is 2.49. The third-order valence-corrected chi connectivity index (χ3v) is 3.69. The lowest BCUT2D eigenvalue weighted by Crippen LogP contribution is -2.32. The van der Waals surface area contributed by atoms with Gasteiger partial charge < -0.3 is 10.1 Å². The van der Waals surface area contributed by atoms with Crippen molar-refractivity contribution in [3.63, 3.8) is 0 Å². The Balaban J connectivity index is 2.26. The number of esters is 1. The maximum atomic E-state index is 12.5.